The fourth-order valence-corrected chi connectivity index (χ4v) is 3.33. The largest absolute Gasteiger partial charge is 0.273 e. The molecule has 31 heavy (non-hydrogen) atoms. The molecule has 6 nitrogen and oxygen atoms in total. The third-order valence-corrected chi connectivity index (χ3v) is 5.14. The maximum absolute atomic E-state index is 11.8. The molecule has 10 heteroatoms. The normalized spacial score (nSPS) is 11.2. The van der Waals surface area contributed by atoms with Gasteiger partial charge in [0.25, 0.3) is 0 Å². The van der Waals surface area contributed by atoms with Crippen LogP contribution in [0, 0.1) is 0 Å². The summed E-state index contributed by atoms with van der Waals surface area (Å²) in [5.41, 5.74) is 6.19. The number of rotatable bonds is 10. The topological polar surface area (TPSA) is 82.9 Å². The molecule has 2 aromatic rings. The average molecular weight is 502 g/mol. The number of nitrogens with zero attached hydrogens (tertiary/aromatic N) is 2. The Labute approximate surface area is 200 Å². The first kappa shape index (κ1) is 25.1. The Morgan fingerprint density at radius 1 is 0.710 bits per heavy atom. The summed E-state index contributed by atoms with van der Waals surface area (Å²) in [4.78, 5) is 23.6. The van der Waals surface area contributed by atoms with Crippen molar-refractivity contribution in [3.8, 4) is 0 Å². The first-order chi connectivity index (χ1) is 14.8. The van der Waals surface area contributed by atoms with Crippen LogP contribution in [0.4, 0.5) is 0 Å². The Bertz CT molecular complexity index is 902. The molecule has 0 aliphatic carbocycles. The highest BCUT2D eigenvalue weighted by molar-refractivity contribution is 6.36. The molecule has 0 heterocycles. The molecular weight excluding hydrogens is 482 g/mol. The van der Waals surface area contributed by atoms with Gasteiger partial charge in [-0.25, -0.2) is 10.9 Å². The van der Waals surface area contributed by atoms with Crippen molar-refractivity contribution in [1.82, 2.24) is 10.9 Å². The van der Waals surface area contributed by atoms with Crippen LogP contribution in [-0.2, 0) is 9.59 Å². The Balaban J connectivity index is 1.58. The molecule has 0 fully saturated rings. The van der Waals surface area contributed by atoms with E-state index in [9.17, 15) is 9.59 Å². The summed E-state index contributed by atoms with van der Waals surface area (Å²) in [6.07, 6.45) is 5.53. The van der Waals surface area contributed by atoms with Gasteiger partial charge in [-0.05, 0) is 37.1 Å². The second-order valence-corrected chi connectivity index (χ2v) is 8.17. The average Bonchev–Trinajstić information content (AvgIpc) is 2.71. The van der Waals surface area contributed by atoms with Gasteiger partial charge in [0.1, 0.15) is 0 Å². The number of hydrazone groups is 2. The van der Waals surface area contributed by atoms with E-state index in [2.05, 4.69) is 21.1 Å². The van der Waals surface area contributed by atoms with Crippen molar-refractivity contribution in [3.05, 3.63) is 67.6 Å². The number of nitrogens with one attached hydrogen (secondary N) is 2. The minimum Gasteiger partial charge on any atom is -0.273 e. The fourth-order valence-electron chi connectivity index (χ4n) is 2.42. The van der Waals surface area contributed by atoms with Crippen LogP contribution in [0.3, 0.4) is 0 Å². The third kappa shape index (κ3) is 9.70. The number of carbonyl (C=O) groups is 2. The predicted molar refractivity (Wildman–Crippen MR) is 127 cm³/mol. The summed E-state index contributed by atoms with van der Waals surface area (Å²) < 4.78 is 0. The molecule has 0 radical (unpaired) electrons. The smallest absolute Gasteiger partial charge is 0.240 e. The van der Waals surface area contributed by atoms with E-state index in [1.165, 1.54) is 12.4 Å². The molecule has 2 N–H and O–H groups in total. The molecule has 0 saturated carbocycles. The summed E-state index contributed by atoms with van der Waals surface area (Å²) >= 11 is 23.7. The summed E-state index contributed by atoms with van der Waals surface area (Å²) in [5, 5.41) is 9.71. The molecule has 0 aliphatic rings. The van der Waals surface area contributed by atoms with Gasteiger partial charge in [0.05, 0.1) is 22.5 Å². The summed E-state index contributed by atoms with van der Waals surface area (Å²) in [6.45, 7) is 0. The van der Waals surface area contributed by atoms with Gasteiger partial charge < -0.3 is 0 Å². The van der Waals surface area contributed by atoms with Crippen molar-refractivity contribution in [2.45, 2.75) is 32.1 Å². The lowest BCUT2D eigenvalue weighted by molar-refractivity contribution is -0.121. The van der Waals surface area contributed by atoms with Crippen molar-refractivity contribution in [2.24, 2.45) is 10.2 Å². The van der Waals surface area contributed by atoms with Crippen molar-refractivity contribution in [1.29, 1.82) is 0 Å². The molecule has 0 unspecified atom stereocenters. The van der Waals surface area contributed by atoms with E-state index < -0.39 is 0 Å². The second kappa shape index (κ2) is 13.3. The molecule has 0 atom stereocenters. The Hall–Kier alpha value is -2.12. The van der Waals surface area contributed by atoms with Crippen LogP contribution in [0.5, 0.6) is 0 Å². The van der Waals surface area contributed by atoms with E-state index in [0.29, 0.717) is 56.9 Å². The van der Waals surface area contributed by atoms with Crippen LogP contribution >= 0.6 is 46.4 Å². The number of benzene rings is 2. The predicted octanol–water partition coefficient (Wildman–Crippen LogP) is 5.85. The lowest BCUT2D eigenvalue weighted by Gasteiger charge is -2.02. The van der Waals surface area contributed by atoms with Gasteiger partial charge in [0.15, 0.2) is 0 Å². The number of unbranched alkanes of at least 4 members (excludes halogenated alkanes) is 2. The quantitative estimate of drug-likeness (QED) is 0.243. The standard InChI is InChI=1S/C21H20Cl4N4O2/c22-16-8-6-14(18(24)10-16)12-26-28-20(30)4-2-1-3-5-21(31)29-27-13-15-7-9-17(23)11-19(15)25/h6-13H,1-5H2,(H,28,30)(H,29,31)/b26-12+,27-13+. The Kier molecular flexibility index (Phi) is 10.8. The van der Waals surface area contributed by atoms with Gasteiger partial charge in [0.2, 0.25) is 11.8 Å². The number of carbonyl (C=O) groups excluding carboxylic acids is 2. The highest BCUT2D eigenvalue weighted by Gasteiger charge is 2.04. The highest BCUT2D eigenvalue weighted by atomic mass is 35.5. The number of halogens is 4. The zero-order valence-electron chi connectivity index (χ0n) is 16.4. The van der Waals surface area contributed by atoms with E-state index in [1.807, 2.05) is 0 Å². The van der Waals surface area contributed by atoms with Gasteiger partial charge in [-0.1, -0.05) is 65.0 Å². The van der Waals surface area contributed by atoms with E-state index in [-0.39, 0.29) is 11.8 Å². The Morgan fingerprint density at radius 3 is 1.52 bits per heavy atom. The molecule has 2 rings (SSSR count). The zero-order valence-corrected chi connectivity index (χ0v) is 19.4. The molecule has 0 spiro atoms. The molecule has 164 valence electrons. The van der Waals surface area contributed by atoms with E-state index in [4.69, 9.17) is 46.4 Å². The maximum Gasteiger partial charge on any atom is 0.240 e. The number of hydrogen-bond acceptors (Lipinski definition) is 4. The lowest BCUT2D eigenvalue weighted by Crippen LogP contribution is -2.18. The van der Waals surface area contributed by atoms with Gasteiger partial charge >= 0.3 is 0 Å². The van der Waals surface area contributed by atoms with Gasteiger partial charge in [0, 0.05) is 34.0 Å². The van der Waals surface area contributed by atoms with Gasteiger partial charge in [-0.2, -0.15) is 10.2 Å². The molecule has 2 aromatic carbocycles. The van der Waals surface area contributed by atoms with Crippen molar-refractivity contribution in [2.75, 3.05) is 0 Å². The maximum atomic E-state index is 11.8. The van der Waals surface area contributed by atoms with Crippen molar-refractivity contribution < 1.29 is 9.59 Å². The molecule has 0 bridgehead atoms. The van der Waals surface area contributed by atoms with Gasteiger partial charge in [-0.15, -0.1) is 0 Å². The molecule has 0 aromatic heterocycles. The van der Waals surface area contributed by atoms with E-state index >= 15 is 0 Å². The minimum absolute atomic E-state index is 0.213. The minimum atomic E-state index is -0.213. The SMILES string of the molecule is O=C(CCCCCC(=O)N/N=C/c1ccc(Cl)cc1Cl)N/N=C/c1ccc(Cl)cc1Cl. The van der Waals surface area contributed by atoms with Gasteiger partial charge in [-0.3, -0.25) is 9.59 Å². The zero-order chi connectivity index (χ0) is 22.6. The summed E-state index contributed by atoms with van der Waals surface area (Å²) in [7, 11) is 0. The number of hydrogen-bond donors (Lipinski definition) is 2. The van der Waals surface area contributed by atoms with E-state index in [1.54, 1.807) is 36.4 Å². The molecule has 2 amide bonds. The van der Waals surface area contributed by atoms with Crippen LogP contribution in [0.2, 0.25) is 20.1 Å². The van der Waals surface area contributed by atoms with Crippen LogP contribution in [0.1, 0.15) is 43.2 Å². The van der Waals surface area contributed by atoms with Crippen LogP contribution in [0.15, 0.2) is 46.6 Å². The Morgan fingerprint density at radius 2 is 1.13 bits per heavy atom. The van der Waals surface area contributed by atoms with Crippen molar-refractivity contribution in [3.63, 3.8) is 0 Å². The monoisotopic (exact) mass is 500 g/mol. The van der Waals surface area contributed by atoms with Crippen LogP contribution in [-0.4, -0.2) is 24.2 Å². The third-order valence-electron chi connectivity index (χ3n) is 4.02. The van der Waals surface area contributed by atoms with Crippen LogP contribution < -0.4 is 10.9 Å². The first-order valence-corrected chi connectivity index (χ1v) is 10.9. The molecule has 0 saturated heterocycles. The fraction of sp³-hybridized carbons (Fsp3) is 0.238. The molecular formula is C21H20Cl4N4O2. The lowest BCUT2D eigenvalue weighted by atomic mass is 10.1. The summed E-state index contributed by atoms with van der Waals surface area (Å²) in [6, 6.07) is 9.98. The first-order valence-electron chi connectivity index (χ1n) is 9.39. The molecule has 0 aliphatic heterocycles. The highest BCUT2D eigenvalue weighted by Crippen LogP contribution is 2.20. The van der Waals surface area contributed by atoms with Crippen molar-refractivity contribution >= 4 is 70.6 Å². The van der Waals surface area contributed by atoms with E-state index in [0.717, 1.165) is 6.42 Å². The second-order valence-electron chi connectivity index (χ2n) is 6.48. The van der Waals surface area contributed by atoms with Crippen LogP contribution in [0.25, 0.3) is 0 Å². The summed E-state index contributed by atoms with van der Waals surface area (Å²) in [5.74, 6) is -0.425. The number of amides is 2.